The highest BCUT2D eigenvalue weighted by atomic mass is 16.4. The fraction of sp³-hybridized carbons (Fsp3) is 0.273. The molecule has 0 amide bonds. The molecule has 2 N–H and O–H groups in total. The maximum absolute atomic E-state index is 11.2. The SMILES string of the molecule is C=CCNC(C)(C(=O)O)c1ccccn1. The number of nitrogens with zero attached hydrogens (tertiary/aromatic N) is 1. The van der Waals surface area contributed by atoms with Crippen molar-refractivity contribution >= 4 is 5.97 Å². The third-order valence-electron chi connectivity index (χ3n) is 2.20. The monoisotopic (exact) mass is 206 g/mol. The smallest absolute Gasteiger partial charge is 0.329 e. The summed E-state index contributed by atoms with van der Waals surface area (Å²) in [5.41, 5.74) is -0.686. The molecule has 1 atom stereocenters. The van der Waals surface area contributed by atoms with Gasteiger partial charge in [0.05, 0.1) is 5.69 Å². The molecule has 0 aliphatic rings. The molecule has 0 bridgehead atoms. The Hall–Kier alpha value is -1.68. The quantitative estimate of drug-likeness (QED) is 0.709. The van der Waals surface area contributed by atoms with Crippen molar-refractivity contribution in [2.24, 2.45) is 0 Å². The molecule has 1 rings (SSSR count). The molecule has 0 radical (unpaired) electrons. The van der Waals surface area contributed by atoms with Gasteiger partial charge in [-0.15, -0.1) is 6.58 Å². The highest BCUT2D eigenvalue weighted by Gasteiger charge is 2.35. The lowest BCUT2D eigenvalue weighted by Gasteiger charge is -2.24. The number of aromatic nitrogens is 1. The molecule has 0 aliphatic heterocycles. The summed E-state index contributed by atoms with van der Waals surface area (Å²) in [7, 11) is 0. The molecule has 1 aromatic heterocycles. The minimum absolute atomic E-state index is 0.416. The topological polar surface area (TPSA) is 62.2 Å². The van der Waals surface area contributed by atoms with Crippen LogP contribution in [0.5, 0.6) is 0 Å². The standard InChI is InChI=1S/C11H14N2O2/c1-3-7-13-11(2,10(14)15)9-6-4-5-8-12-9/h3-6,8,13H,1,7H2,2H3,(H,14,15). The third kappa shape index (κ3) is 2.41. The maximum Gasteiger partial charge on any atom is 0.329 e. The van der Waals surface area contributed by atoms with Gasteiger partial charge in [0.15, 0.2) is 5.54 Å². The summed E-state index contributed by atoms with van der Waals surface area (Å²) in [6, 6.07) is 5.20. The highest BCUT2D eigenvalue weighted by Crippen LogP contribution is 2.18. The molecule has 1 aromatic rings. The van der Waals surface area contributed by atoms with Gasteiger partial charge in [0.25, 0.3) is 0 Å². The lowest BCUT2D eigenvalue weighted by molar-refractivity contribution is -0.144. The Morgan fingerprint density at radius 1 is 1.73 bits per heavy atom. The Morgan fingerprint density at radius 3 is 2.93 bits per heavy atom. The number of pyridine rings is 1. The fourth-order valence-electron chi connectivity index (χ4n) is 1.21. The Morgan fingerprint density at radius 2 is 2.47 bits per heavy atom. The van der Waals surface area contributed by atoms with Crippen LogP contribution in [0, 0.1) is 0 Å². The zero-order valence-corrected chi connectivity index (χ0v) is 8.60. The van der Waals surface area contributed by atoms with Crippen LogP contribution in [-0.4, -0.2) is 22.6 Å². The summed E-state index contributed by atoms with van der Waals surface area (Å²) in [6.45, 7) is 5.54. The van der Waals surface area contributed by atoms with E-state index in [4.69, 9.17) is 0 Å². The van der Waals surface area contributed by atoms with Crippen LogP contribution in [0.3, 0.4) is 0 Å². The molecule has 80 valence electrons. The minimum atomic E-state index is -1.17. The Bertz CT molecular complexity index is 351. The highest BCUT2D eigenvalue weighted by molar-refractivity contribution is 5.79. The van der Waals surface area contributed by atoms with Crippen molar-refractivity contribution in [2.45, 2.75) is 12.5 Å². The molecule has 0 spiro atoms. The van der Waals surface area contributed by atoms with E-state index in [1.165, 1.54) is 0 Å². The molecule has 1 heterocycles. The van der Waals surface area contributed by atoms with Crippen molar-refractivity contribution in [1.82, 2.24) is 10.3 Å². The van der Waals surface area contributed by atoms with Gasteiger partial charge in [-0.25, -0.2) is 4.79 Å². The van der Waals surface area contributed by atoms with Crippen molar-refractivity contribution in [3.8, 4) is 0 Å². The Labute approximate surface area is 88.7 Å². The second kappa shape index (κ2) is 4.70. The molecular weight excluding hydrogens is 192 g/mol. The number of nitrogens with one attached hydrogen (secondary N) is 1. The molecule has 15 heavy (non-hydrogen) atoms. The van der Waals surface area contributed by atoms with Gasteiger partial charge >= 0.3 is 5.97 Å². The van der Waals surface area contributed by atoms with Crippen molar-refractivity contribution in [2.75, 3.05) is 6.54 Å². The number of carbonyl (C=O) groups is 1. The zero-order valence-electron chi connectivity index (χ0n) is 8.60. The summed E-state index contributed by atoms with van der Waals surface area (Å²) in [5, 5.41) is 12.1. The van der Waals surface area contributed by atoms with Crippen molar-refractivity contribution in [1.29, 1.82) is 0 Å². The largest absolute Gasteiger partial charge is 0.480 e. The Balaban J connectivity index is 3.01. The number of carboxylic acid groups (broad SMARTS) is 1. The molecule has 0 saturated carbocycles. The van der Waals surface area contributed by atoms with Gasteiger partial charge in [-0.05, 0) is 19.1 Å². The van der Waals surface area contributed by atoms with Crippen LogP contribution in [0.15, 0.2) is 37.1 Å². The fourth-order valence-corrected chi connectivity index (χ4v) is 1.21. The number of carboxylic acids is 1. The summed E-state index contributed by atoms with van der Waals surface area (Å²) in [4.78, 5) is 15.2. The first-order valence-electron chi connectivity index (χ1n) is 4.62. The second-order valence-corrected chi connectivity index (χ2v) is 3.31. The van der Waals surface area contributed by atoms with Gasteiger partial charge < -0.3 is 5.11 Å². The minimum Gasteiger partial charge on any atom is -0.480 e. The van der Waals surface area contributed by atoms with Crippen molar-refractivity contribution < 1.29 is 9.90 Å². The van der Waals surface area contributed by atoms with E-state index in [0.29, 0.717) is 12.2 Å². The Kier molecular flexibility index (Phi) is 3.57. The van der Waals surface area contributed by atoms with Crippen LogP contribution in [0.25, 0.3) is 0 Å². The first kappa shape index (κ1) is 11.4. The van der Waals surface area contributed by atoms with Gasteiger partial charge in [0.2, 0.25) is 0 Å². The van der Waals surface area contributed by atoms with Gasteiger partial charge in [-0.2, -0.15) is 0 Å². The first-order chi connectivity index (χ1) is 7.11. The van der Waals surface area contributed by atoms with Gasteiger partial charge in [-0.3, -0.25) is 10.3 Å². The van der Waals surface area contributed by atoms with E-state index in [-0.39, 0.29) is 0 Å². The molecular formula is C11H14N2O2. The van der Waals surface area contributed by atoms with E-state index in [2.05, 4.69) is 16.9 Å². The number of aliphatic carboxylic acids is 1. The third-order valence-corrected chi connectivity index (χ3v) is 2.20. The molecule has 0 aromatic carbocycles. The van der Waals surface area contributed by atoms with Gasteiger partial charge in [0, 0.05) is 12.7 Å². The van der Waals surface area contributed by atoms with Gasteiger partial charge in [-0.1, -0.05) is 12.1 Å². The molecule has 0 saturated heterocycles. The number of hydrogen-bond acceptors (Lipinski definition) is 3. The van der Waals surface area contributed by atoms with E-state index in [9.17, 15) is 9.90 Å². The van der Waals surface area contributed by atoms with Crippen LogP contribution in [0.2, 0.25) is 0 Å². The molecule has 4 nitrogen and oxygen atoms in total. The lowest BCUT2D eigenvalue weighted by Crippen LogP contribution is -2.47. The normalized spacial score (nSPS) is 14.2. The van der Waals surface area contributed by atoms with E-state index in [0.717, 1.165) is 0 Å². The molecule has 0 aliphatic carbocycles. The maximum atomic E-state index is 11.2. The predicted molar refractivity (Wildman–Crippen MR) is 57.4 cm³/mol. The average molecular weight is 206 g/mol. The summed E-state index contributed by atoms with van der Waals surface area (Å²) < 4.78 is 0. The van der Waals surface area contributed by atoms with Crippen molar-refractivity contribution in [3.63, 3.8) is 0 Å². The van der Waals surface area contributed by atoms with Crippen LogP contribution >= 0.6 is 0 Å². The number of hydrogen-bond donors (Lipinski definition) is 2. The van der Waals surface area contributed by atoms with Crippen molar-refractivity contribution in [3.05, 3.63) is 42.7 Å². The molecule has 0 fully saturated rings. The van der Waals surface area contributed by atoms with E-state index < -0.39 is 11.5 Å². The summed E-state index contributed by atoms with van der Waals surface area (Å²) in [6.07, 6.45) is 3.19. The van der Waals surface area contributed by atoms with Crippen LogP contribution in [-0.2, 0) is 10.3 Å². The van der Waals surface area contributed by atoms with Gasteiger partial charge in [0.1, 0.15) is 0 Å². The lowest BCUT2D eigenvalue weighted by atomic mass is 9.97. The first-order valence-corrected chi connectivity index (χ1v) is 4.62. The van der Waals surface area contributed by atoms with Crippen LogP contribution in [0.4, 0.5) is 0 Å². The number of rotatable bonds is 5. The molecule has 1 unspecified atom stereocenters. The average Bonchev–Trinajstić information content (AvgIpc) is 2.27. The van der Waals surface area contributed by atoms with E-state index in [1.54, 1.807) is 37.4 Å². The van der Waals surface area contributed by atoms with Crippen LogP contribution in [0.1, 0.15) is 12.6 Å². The van der Waals surface area contributed by atoms with E-state index >= 15 is 0 Å². The summed E-state index contributed by atoms with van der Waals surface area (Å²) in [5.74, 6) is -0.956. The van der Waals surface area contributed by atoms with Crippen LogP contribution < -0.4 is 5.32 Å². The second-order valence-electron chi connectivity index (χ2n) is 3.31. The zero-order chi connectivity index (χ0) is 11.3. The van der Waals surface area contributed by atoms with E-state index in [1.807, 2.05) is 0 Å². The predicted octanol–water partition coefficient (Wildman–Crippen LogP) is 1.16. The summed E-state index contributed by atoms with van der Waals surface area (Å²) >= 11 is 0. The molecule has 4 heteroatoms.